The van der Waals surface area contributed by atoms with Crippen molar-refractivity contribution in [1.29, 1.82) is 0 Å². The lowest BCUT2D eigenvalue weighted by Gasteiger charge is -2.28. The second-order valence-electron chi connectivity index (χ2n) is 8.66. The molecule has 0 aliphatic carbocycles. The summed E-state index contributed by atoms with van der Waals surface area (Å²) < 4.78 is 22.4. The van der Waals surface area contributed by atoms with Gasteiger partial charge in [0.1, 0.15) is 23.7 Å². The van der Waals surface area contributed by atoms with Crippen LogP contribution >= 0.6 is 0 Å². The van der Waals surface area contributed by atoms with Crippen molar-refractivity contribution in [1.82, 2.24) is 5.32 Å². The summed E-state index contributed by atoms with van der Waals surface area (Å²) >= 11 is 0. The minimum Gasteiger partial charge on any atom is -0.494 e. The Bertz CT molecular complexity index is 1530. The van der Waals surface area contributed by atoms with Crippen LogP contribution in [0.15, 0.2) is 66.2 Å². The molecule has 0 spiro atoms. The van der Waals surface area contributed by atoms with Gasteiger partial charge in [-0.25, -0.2) is 14.5 Å². The molecule has 0 unspecified atom stereocenters. The highest BCUT2D eigenvalue weighted by Crippen LogP contribution is 2.35. The van der Waals surface area contributed by atoms with Crippen LogP contribution in [0.3, 0.4) is 0 Å². The summed E-state index contributed by atoms with van der Waals surface area (Å²) in [5.41, 5.74) is 1.10. The smallest absolute Gasteiger partial charge is 0.336 e. The van der Waals surface area contributed by atoms with E-state index in [2.05, 4.69) is 5.32 Å². The maximum Gasteiger partial charge on any atom is 0.336 e. The molecule has 0 radical (unpaired) electrons. The number of benzene rings is 3. The number of imide groups is 2. The van der Waals surface area contributed by atoms with E-state index in [4.69, 9.17) is 18.9 Å². The van der Waals surface area contributed by atoms with E-state index in [1.807, 2.05) is 6.92 Å². The van der Waals surface area contributed by atoms with Gasteiger partial charge in [0.2, 0.25) is 0 Å². The molecule has 1 aliphatic heterocycles. The van der Waals surface area contributed by atoms with Crippen LogP contribution < -0.4 is 29.2 Å². The molecule has 3 aromatic carbocycles. The van der Waals surface area contributed by atoms with E-state index < -0.39 is 23.8 Å². The molecule has 0 aromatic heterocycles. The maximum absolute atomic E-state index is 13.5. The molecule has 41 heavy (non-hydrogen) atoms. The molecule has 1 fully saturated rings. The lowest BCUT2D eigenvalue weighted by Crippen LogP contribution is -2.54. The zero-order chi connectivity index (χ0) is 29.5. The number of amides is 4. The first-order valence-corrected chi connectivity index (χ1v) is 12.7. The number of carboxylic acids is 1. The van der Waals surface area contributed by atoms with Crippen LogP contribution in [0.1, 0.15) is 35.3 Å². The number of methoxy groups -OCH3 is 1. The summed E-state index contributed by atoms with van der Waals surface area (Å²) in [5, 5.41) is 11.4. The molecule has 11 nitrogen and oxygen atoms in total. The monoisotopic (exact) mass is 560 g/mol. The van der Waals surface area contributed by atoms with Crippen molar-refractivity contribution in [3.05, 3.63) is 82.9 Å². The van der Waals surface area contributed by atoms with E-state index >= 15 is 0 Å². The maximum atomic E-state index is 13.5. The molecule has 4 rings (SSSR count). The summed E-state index contributed by atoms with van der Waals surface area (Å²) in [6, 6.07) is 14.9. The van der Waals surface area contributed by atoms with Gasteiger partial charge in [-0.15, -0.1) is 0 Å². The molecule has 2 N–H and O–H groups in total. The average molecular weight is 561 g/mol. The van der Waals surface area contributed by atoms with E-state index in [1.165, 1.54) is 31.4 Å². The molecule has 212 valence electrons. The van der Waals surface area contributed by atoms with Crippen LogP contribution in [0.2, 0.25) is 0 Å². The molecule has 0 bridgehead atoms. The molecule has 4 amide bonds. The summed E-state index contributed by atoms with van der Waals surface area (Å²) in [6.45, 7) is 4.36. The fraction of sp³-hybridized carbons (Fsp3) is 0.200. The molecular formula is C30H28N2O9. The van der Waals surface area contributed by atoms with E-state index in [0.717, 1.165) is 4.90 Å². The van der Waals surface area contributed by atoms with Gasteiger partial charge < -0.3 is 24.1 Å². The van der Waals surface area contributed by atoms with Crippen LogP contribution in [-0.4, -0.2) is 49.2 Å². The topological polar surface area (TPSA) is 141 Å². The Morgan fingerprint density at radius 2 is 1.68 bits per heavy atom. The number of nitrogens with zero attached hydrogens (tertiary/aromatic N) is 1. The zero-order valence-electron chi connectivity index (χ0n) is 22.6. The predicted molar refractivity (Wildman–Crippen MR) is 149 cm³/mol. The van der Waals surface area contributed by atoms with Crippen molar-refractivity contribution in [3.8, 4) is 23.0 Å². The Labute approximate surface area is 235 Å². The number of hydrogen-bond acceptors (Lipinski definition) is 8. The molecule has 1 aliphatic rings. The Morgan fingerprint density at radius 3 is 2.39 bits per heavy atom. The Hall–Kier alpha value is -5.32. The van der Waals surface area contributed by atoms with Gasteiger partial charge in [-0.05, 0) is 67.4 Å². The number of ether oxygens (including phenoxy) is 4. The number of carbonyl (C=O) groups is 4. The molecular weight excluding hydrogens is 532 g/mol. The first-order valence-electron chi connectivity index (χ1n) is 12.7. The average Bonchev–Trinajstić information content (AvgIpc) is 2.95. The summed E-state index contributed by atoms with van der Waals surface area (Å²) in [6.07, 6.45) is 1.34. The molecule has 11 heteroatoms. The summed E-state index contributed by atoms with van der Waals surface area (Å²) in [7, 11) is 1.43. The van der Waals surface area contributed by atoms with Gasteiger partial charge >= 0.3 is 12.0 Å². The largest absolute Gasteiger partial charge is 0.494 e. The van der Waals surface area contributed by atoms with E-state index in [0.29, 0.717) is 35.0 Å². The number of rotatable bonds is 11. The third-order valence-electron chi connectivity index (χ3n) is 5.95. The van der Waals surface area contributed by atoms with Crippen molar-refractivity contribution >= 4 is 35.6 Å². The number of nitrogens with one attached hydrogen (secondary N) is 1. The zero-order valence-corrected chi connectivity index (χ0v) is 22.6. The normalized spacial score (nSPS) is 14.1. The highest BCUT2D eigenvalue weighted by atomic mass is 16.5. The third-order valence-corrected chi connectivity index (χ3v) is 5.95. The molecule has 3 aromatic rings. The first-order chi connectivity index (χ1) is 19.7. The number of urea groups is 1. The van der Waals surface area contributed by atoms with Crippen LogP contribution in [0, 0.1) is 0 Å². The standard InChI is InChI=1S/C30H28N2O9/c1-4-39-21-10-11-23(25(16-21)40-5-2)32-28(34)22(27(33)31-30(32)37)14-18-9-12-24(26(15-18)38-3)41-17-19-7-6-8-20(13-19)29(35)36/h6-16H,4-5,17H2,1-3H3,(H,35,36)(H,31,33,37)/b22-14+. The quantitative estimate of drug-likeness (QED) is 0.257. The van der Waals surface area contributed by atoms with Crippen molar-refractivity contribution in [2.75, 3.05) is 25.2 Å². The second-order valence-corrected chi connectivity index (χ2v) is 8.66. The number of carbonyl (C=O) groups excluding carboxylic acids is 3. The van der Waals surface area contributed by atoms with Crippen molar-refractivity contribution in [2.45, 2.75) is 20.5 Å². The SMILES string of the molecule is CCOc1ccc(N2C(=O)NC(=O)/C(=C\c3ccc(OCc4cccc(C(=O)O)c4)c(OC)c3)C2=O)c(OCC)c1. The fourth-order valence-corrected chi connectivity index (χ4v) is 4.10. The van der Waals surface area contributed by atoms with Gasteiger partial charge in [-0.3, -0.25) is 14.9 Å². The van der Waals surface area contributed by atoms with Crippen LogP contribution in [0.4, 0.5) is 10.5 Å². The van der Waals surface area contributed by atoms with Crippen molar-refractivity contribution < 1.29 is 43.2 Å². The first kappa shape index (κ1) is 28.7. The van der Waals surface area contributed by atoms with Gasteiger partial charge in [0.05, 0.1) is 31.6 Å². The van der Waals surface area contributed by atoms with Gasteiger partial charge in [-0.1, -0.05) is 18.2 Å². The van der Waals surface area contributed by atoms with Crippen molar-refractivity contribution in [3.63, 3.8) is 0 Å². The Kier molecular flexibility index (Phi) is 8.88. The summed E-state index contributed by atoms with van der Waals surface area (Å²) in [4.78, 5) is 51.0. The van der Waals surface area contributed by atoms with Gasteiger partial charge in [-0.2, -0.15) is 0 Å². The minimum absolute atomic E-state index is 0.0835. The second kappa shape index (κ2) is 12.7. The number of anilines is 1. The molecule has 1 saturated heterocycles. The van der Waals surface area contributed by atoms with E-state index in [1.54, 1.807) is 49.4 Å². The number of carboxylic acid groups (broad SMARTS) is 1. The number of aromatic carboxylic acids is 1. The van der Waals surface area contributed by atoms with Crippen molar-refractivity contribution in [2.24, 2.45) is 0 Å². The lowest BCUT2D eigenvalue weighted by atomic mass is 10.1. The molecule has 0 saturated carbocycles. The minimum atomic E-state index is -1.04. The fourth-order valence-electron chi connectivity index (χ4n) is 4.10. The highest BCUT2D eigenvalue weighted by Gasteiger charge is 2.38. The lowest BCUT2D eigenvalue weighted by molar-refractivity contribution is -0.122. The molecule has 0 atom stereocenters. The Balaban J connectivity index is 1.61. The number of barbiturate groups is 1. The molecule has 1 heterocycles. The van der Waals surface area contributed by atoms with Crippen LogP contribution in [-0.2, 0) is 16.2 Å². The van der Waals surface area contributed by atoms with Crippen LogP contribution in [0.5, 0.6) is 23.0 Å². The summed E-state index contributed by atoms with van der Waals surface area (Å²) in [5.74, 6) is -1.30. The van der Waals surface area contributed by atoms with Gasteiger partial charge in [0.15, 0.2) is 11.5 Å². The Morgan fingerprint density at radius 1 is 0.902 bits per heavy atom. The number of hydrogen-bond donors (Lipinski definition) is 2. The van der Waals surface area contributed by atoms with Crippen LogP contribution in [0.25, 0.3) is 6.08 Å². The third kappa shape index (κ3) is 6.47. The highest BCUT2D eigenvalue weighted by molar-refractivity contribution is 6.39. The van der Waals surface area contributed by atoms with E-state index in [9.17, 15) is 24.3 Å². The predicted octanol–water partition coefficient (Wildman–Crippen LogP) is 4.44. The van der Waals surface area contributed by atoms with Gasteiger partial charge in [0, 0.05) is 6.07 Å². The van der Waals surface area contributed by atoms with E-state index in [-0.39, 0.29) is 35.8 Å². The van der Waals surface area contributed by atoms with Gasteiger partial charge in [0.25, 0.3) is 11.8 Å².